The fourth-order valence-electron chi connectivity index (χ4n) is 4.93. The molecule has 5 rings (SSSR count). The summed E-state index contributed by atoms with van der Waals surface area (Å²) in [6.07, 6.45) is 4.06. The second-order valence-corrected chi connectivity index (χ2v) is 9.26. The summed E-state index contributed by atoms with van der Waals surface area (Å²) in [4.78, 5) is 20.0. The molecule has 1 atom stereocenters. The highest BCUT2D eigenvalue weighted by atomic mass is 35.5. The molecule has 30 heavy (non-hydrogen) atoms. The molecule has 1 saturated carbocycles. The summed E-state index contributed by atoms with van der Waals surface area (Å²) >= 11 is 13.4. The van der Waals surface area contributed by atoms with Crippen molar-refractivity contribution in [3.8, 4) is 0 Å². The summed E-state index contributed by atoms with van der Waals surface area (Å²) in [7, 11) is 1.99. The molecule has 0 bridgehead atoms. The molecule has 8 heteroatoms. The first-order chi connectivity index (χ1) is 14.5. The van der Waals surface area contributed by atoms with Gasteiger partial charge in [-0.1, -0.05) is 47.8 Å². The summed E-state index contributed by atoms with van der Waals surface area (Å²) < 4.78 is 1.47. The van der Waals surface area contributed by atoms with E-state index in [0.29, 0.717) is 23.3 Å². The SMILES string of the molecule is CNC1CCN(Cc2cc(=O)n3[nH]c(C4(c5ccccc5Cl)CCC4)c(Cl)c3n2)C1. The zero-order chi connectivity index (χ0) is 20.9. The summed E-state index contributed by atoms with van der Waals surface area (Å²) in [5, 5.41) is 7.82. The van der Waals surface area contributed by atoms with Crippen LogP contribution < -0.4 is 10.9 Å². The van der Waals surface area contributed by atoms with E-state index in [0.717, 1.165) is 60.7 Å². The van der Waals surface area contributed by atoms with Crippen LogP contribution in [0.1, 0.15) is 42.6 Å². The molecule has 0 spiro atoms. The second kappa shape index (κ2) is 7.68. The van der Waals surface area contributed by atoms with Crippen molar-refractivity contribution in [1.82, 2.24) is 24.8 Å². The number of nitrogens with one attached hydrogen (secondary N) is 2. The number of likely N-dealkylation sites (N-methyl/N-ethyl adjacent to an activating group) is 1. The van der Waals surface area contributed by atoms with Gasteiger partial charge in [-0.2, -0.15) is 4.52 Å². The highest BCUT2D eigenvalue weighted by Crippen LogP contribution is 2.52. The zero-order valence-corrected chi connectivity index (χ0v) is 18.4. The molecule has 0 amide bonds. The van der Waals surface area contributed by atoms with E-state index in [-0.39, 0.29) is 11.0 Å². The monoisotopic (exact) mass is 445 g/mol. The molecule has 158 valence electrons. The van der Waals surface area contributed by atoms with Gasteiger partial charge in [0.05, 0.1) is 11.4 Å². The van der Waals surface area contributed by atoms with Crippen molar-refractivity contribution in [3.63, 3.8) is 0 Å². The van der Waals surface area contributed by atoms with Crippen molar-refractivity contribution >= 4 is 28.8 Å². The lowest BCUT2D eigenvalue weighted by molar-refractivity contribution is 0.293. The van der Waals surface area contributed by atoms with E-state index in [1.807, 2.05) is 25.2 Å². The highest BCUT2D eigenvalue weighted by molar-refractivity contribution is 6.34. The minimum absolute atomic E-state index is 0.138. The first kappa shape index (κ1) is 20.1. The lowest BCUT2D eigenvalue weighted by atomic mass is 9.62. The van der Waals surface area contributed by atoms with E-state index < -0.39 is 0 Å². The Balaban J connectivity index is 1.55. The number of likely N-dealkylation sites (tertiary alicyclic amines) is 1. The van der Waals surface area contributed by atoms with E-state index in [1.54, 1.807) is 6.07 Å². The second-order valence-electron chi connectivity index (χ2n) is 8.47. The number of nitrogens with zero attached hydrogens (tertiary/aromatic N) is 3. The van der Waals surface area contributed by atoms with E-state index in [2.05, 4.69) is 21.4 Å². The predicted molar refractivity (Wildman–Crippen MR) is 120 cm³/mol. The molecule has 1 saturated heterocycles. The maximum atomic E-state index is 12.9. The van der Waals surface area contributed by atoms with Gasteiger partial charge in [0.15, 0.2) is 5.65 Å². The van der Waals surface area contributed by atoms with Crippen LogP contribution in [0, 0.1) is 0 Å². The van der Waals surface area contributed by atoms with Gasteiger partial charge in [-0.25, -0.2) is 4.98 Å². The van der Waals surface area contributed by atoms with Crippen LogP contribution in [0.2, 0.25) is 10.0 Å². The first-order valence-corrected chi connectivity index (χ1v) is 11.2. The molecule has 1 aromatic carbocycles. The molecule has 2 aliphatic rings. The summed E-state index contributed by atoms with van der Waals surface area (Å²) in [6.45, 7) is 2.60. The Morgan fingerprint density at radius 2 is 2.10 bits per heavy atom. The van der Waals surface area contributed by atoms with Gasteiger partial charge in [0.25, 0.3) is 5.56 Å². The number of aromatic amines is 1. The summed E-state index contributed by atoms with van der Waals surface area (Å²) in [5.41, 5.74) is 2.70. The van der Waals surface area contributed by atoms with Crippen molar-refractivity contribution in [2.24, 2.45) is 0 Å². The van der Waals surface area contributed by atoms with Gasteiger partial charge in [-0.15, -0.1) is 0 Å². The third kappa shape index (κ3) is 3.17. The number of hydrogen-bond donors (Lipinski definition) is 2. The number of H-pyrrole nitrogens is 1. The molecule has 2 fully saturated rings. The predicted octanol–water partition coefficient (Wildman–Crippen LogP) is 3.59. The van der Waals surface area contributed by atoms with Crippen molar-refractivity contribution in [3.05, 3.63) is 67.7 Å². The molecule has 2 N–H and O–H groups in total. The normalized spacial score (nSPS) is 21.2. The molecule has 1 aliphatic heterocycles. The van der Waals surface area contributed by atoms with Crippen LogP contribution >= 0.6 is 23.2 Å². The van der Waals surface area contributed by atoms with Crippen LogP contribution in [-0.4, -0.2) is 45.7 Å². The Bertz CT molecular complexity index is 1150. The Labute approximate surface area is 185 Å². The van der Waals surface area contributed by atoms with Gasteiger partial charge in [-0.3, -0.25) is 14.8 Å². The Hall–Kier alpha value is -1.86. The van der Waals surface area contributed by atoms with Gasteiger partial charge < -0.3 is 5.32 Å². The molecule has 6 nitrogen and oxygen atoms in total. The lowest BCUT2D eigenvalue weighted by Crippen LogP contribution is -2.36. The van der Waals surface area contributed by atoms with E-state index in [1.165, 1.54) is 4.52 Å². The topological polar surface area (TPSA) is 65.4 Å². The van der Waals surface area contributed by atoms with Crippen LogP contribution in [0.3, 0.4) is 0 Å². The molecule has 3 aromatic rings. The van der Waals surface area contributed by atoms with Gasteiger partial charge in [-0.05, 0) is 37.9 Å². The molecule has 1 unspecified atom stereocenters. The lowest BCUT2D eigenvalue weighted by Gasteiger charge is -2.42. The third-order valence-corrected chi connectivity index (χ3v) is 7.44. The van der Waals surface area contributed by atoms with Crippen molar-refractivity contribution in [2.75, 3.05) is 20.1 Å². The number of rotatable bonds is 5. The molecule has 1 aliphatic carbocycles. The molecule has 2 aromatic heterocycles. The fraction of sp³-hybridized carbons (Fsp3) is 0.455. The van der Waals surface area contributed by atoms with E-state index in [9.17, 15) is 4.79 Å². The summed E-state index contributed by atoms with van der Waals surface area (Å²) in [5.74, 6) is 0. The van der Waals surface area contributed by atoms with E-state index in [4.69, 9.17) is 28.2 Å². The standard InChI is InChI=1S/C22H25Cl2N5O/c1-25-14-7-10-28(12-14)13-15-11-18(30)29-21(26-15)19(24)20(27-29)22(8-4-9-22)16-5-2-3-6-17(16)23/h2-3,5-6,11,14,25,27H,4,7-10,12-13H2,1H3. The smallest absolute Gasteiger partial charge is 0.272 e. The minimum Gasteiger partial charge on any atom is -0.316 e. The third-order valence-electron chi connectivity index (χ3n) is 6.75. The minimum atomic E-state index is -0.301. The molecular weight excluding hydrogens is 421 g/mol. The Morgan fingerprint density at radius 3 is 2.77 bits per heavy atom. The Morgan fingerprint density at radius 1 is 1.30 bits per heavy atom. The molecule has 0 radical (unpaired) electrons. The Kier molecular flexibility index (Phi) is 5.14. The van der Waals surface area contributed by atoms with Crippen molar-refractivity contribution < 1.29 is 0 Å². The van der Waals surface area contributed by atoms with Crippen molar-refractivity contribution in [2.45, 2.75) is 43.7 Å². The zero-order valence-electron chi connectivity index (χ0n) is 16.9. The number of hydrogen-bond acceptors (Lipinski definition) is 4. The summed E-state index contributed by atoms with van der Waals surface area (Å²) in [6, 6.07) is 9.99. The molecule has 3 heterocycles. The van der Waals surface area contributed by atoms with Crippen LogP contribution in [0.25, 0.3) is 5.65 Å². The largest absolute Gasteiger partial charge is 0.316 e. The quantitative estimate of drug-likeness (QED) is 0.629. The van der Waals surface area contributed by atoms with Gasteiger partial charge >= 0.3 is 0 Å². The number of fused-ring (bicyclic) bond motifs is 1. The maximum absolute atomic E-state index is 12.9. The fourth-order valence-corrected chi connectivity index (χ4v) is 5.60. The van der Waals surface area contributed by atoms with Crippen molar-refractivity contribution in [1.29, 1.82) is 0 Å². The van der Waals surface area contributed by atoms with Crippen LogP contribution in [0.5, 0.6) is 0 Å². The first-order valence-electron chi connectivity index (χ1n) is 10.5. The molecular formula is C22H25Cl2N5O. The maximum Gasteiger partial charge on any atom is 0.272 e. The van der Waals surface area contributed by atoms with Crippen LogP contribution in [0.15, 0.2) is 35.1 Å². The van der Waals surface area contributed by atoms with Crippen LogP contribution in [0.4, 0.5) is 0 Å². The van der Waals surface area contributed by atoms with Gasteiger partial charge in [0.1, 0.15) is 5.02 Å². The van der Waals surface area contributed by atoms with Gasteiger partial charge in [0.2, 0.25) is 0 Å². The average molecular weight is 446 g/mol. The average Bonchev–Trinajstić information content (AvgIpc) is 3.28. The number of aromatic nitrogens is 3. The number of benzene rings is 1. The van der Waals surface area contributed by atoms with Gasteiger partial charge in [0, 0.05) is 42.2 Å². The van der Waals surface area contributed by atoms with Crippen LogP contribution in [-0.2, 0) is 12.0 Å². The van der Waals surface area contributed by atoms with E-state index >= 15 is 0 Å². The number of halogens is 2. The highest BCUT2D eigenvalue weighted by Gasteiger charge is 2.45.